The Morgan fingerprint density at radius 3 is 2.13 bits per heavy atom. The summed E-state index contributed by atoms with van der Waals surface area (Å²) < 4.78 is 26.1. The smallest absolute Gasteiger partial charge is 0.244 e. The second-order valence-electron chi connectivity index (χ2n) is 7.84. The van der Waals surface area contributed by atoms with Crippen molar-refractivity contribution in [2.24, 2.45) is 0 Å². The number of likely N-dealkylation sites (N-methyl/N-ethyl adjacent to an activating group) is 1. The Kier molecular flexibility index (Phi) is 7.84. The molecule has 1 N–H and O–H groups in total. The Morgan fingerprint density at radius 2 is 1.61 bits per heavy atom. The highest BCUT2D eigenvalue weighted by Crippen LogP contribution is 2.22. The molecule has 8 heteroatoms. The Morgan fingerprint density at radius 1 is 1.00 bits per heavy atom. The molecule has 0 saturated carbocycles. The van der Waals surface area contributed by atoms with Gasteiger partial charge in [-0.25, -0.2) is 8.42 Å². The molecule has 0 unspecified atom stereocenters. The van der Waals surface area contributed by atoms with Gasteiger partial charge in [-0.3, -0.25) is 13.9 Å². The highest BCUT2D eigenvalue weighted by molar-refractivity contribution is 7.92. The van der Waals surface area contributed by atoms with E-state index in [-0.39, 0.29) is 12.5 Å². The SMILES string of the molecule is CNC(=O)[C@H](C)N(Cc1ccc(C)cc1)C(=O)CN(c1ccc(C)c(C)c1)S(C)(=O)=O. The molecule has 0 aliphatic heterocycles. The van der Waals surface area contributed by atoms with E-state index in [9.17, 15) is 18.0 Å². The number of rotatable bonds is 8. The standard InChI is InChI=1S/C23H31N3O4S/c1-16-7-10-20(11-8-16)14-25(19(4)23(28)24-5)22(27)15-26(31(6,29)30)21-12-9-17(2)18(3)13-21/h7-13,19H,14-15H2,1-6H3,(H,24,28)/t19-/m0/s1. The molecule has 0 radical (unpaired) electrons. The van der Waals surface area contributed by atoms with Crippen molar-refractivity contribution < 1.29 is 18.0 Å². The molecular weight excluding hydrogens is 414 g/mol. The summed E-state index contributed by atoms with van der Waals surface area (Å²) in [5, 5.41) is 2.56. The molecule has 7 nitrogen and oxygen atoms in total. The first-order valence-corrected chi connectivity index (χ1v) is 11.9. The third kappa shape index (κ3) is 6.30. The van der Waals surface area contributed by atoms with Crippen molar-refractivity contribution in [1.82, 2.24) is 10.2 Å². The number of carbonyl (C=O) groups is 2. The number of aryl methyl sites for hydroxylation is 3. The van der Waals surface area contributed by atoms with E-state index in [0.29, 0.717) is 5.69 Å². The number of hydrogen-bond acceptors (Lipinski definition) is 4. The minimum atomic E-state index is -3.72. The summed E-state index contributed by atoms with van der Waals surface area (Å²) in [6.07, 6.45) is 1.07. The first-order valence-electron chi connectivity index (χ1n) is 10.1. The molecule has 2 rings (SSSR count). The van der Waals surface area contributed by atoms with Gasteiger partial charge >= 0.3 is 0 Å². The van der Waals surface area contributed by atoms with Crippen molar-refractivity contribution in [2.45, 2.75) is 40.3 Å². The summed E-state index contributed by atoms with van der Waals surface area (Å²) in [5.74, 6) is -0.780. The van der Waals surface area contributed by atoms with E-state index >= 15 is 0 Å². The summed E-state index contributed by atoms with van der Waals surface area (Å²) in [6.45, 7) is 7.22. The molecule has 0 spiro atoms. The van der Waals surface area contributed by atoms with Crippen molar-refractivity contribution in [2.75, 3.05) is 24.2 Å². The van der Waals surface area contributed by atoms with Gasteiger partial charge in [0.1, 0.15) is 12.6 Å². The zero-order valence-corrected chi connectivity index (χ0v) is 19.8. The average molecular weight is 446 g/mol. The first-order chi connectivity index (χ1) is 14.4. The summed E-state index contributed by atoms with van der Waals surface area (Å²) >= 11 is 0. The monoisotopic (exact) mass is 445 g/mol. The lowest BCUT2D eigenvalue weighted by atomic mass is 10.1. The van der Waals surface area contributed by atoms with Crippen LogP contribution in [0.3, 0.4) is 0 Å². The molecule has 2 amide bonds. The van der Waals surface area contributed by atoms with Gasteiger partial charge in [0.2, 0.25) is 21.8 Å². The molecular formula is C23H31N3O4S. The van der Waals surface area contributed by atoms with Gasteiger partial charge in [-0.05, 0) is 56.5 Å². The van der Waals surface area contributed by atoms with Crippen LogP contribution >= 0.6 is 0 Å². The molecule has 31 heavy (non-hydrogen) atoms. The van der Waals surface area contributed by atoms with Crippen LogP contribution in [0.15, 0.2) is 42.5 Å². The largest absolute Gasteiger partial charge is 0.357 e. The number of nitrogens with zero attached hydrogens (tertiary/aromatic N) is 2. The van der Waals surface area contributed by atoms with Crippen molar-refractivity contribution >= 4 is 27.5 Å². The van der Waals surface area contributed by atoms with Crippen LogP contribution in [0.2, 0.25) is 0 Å². The topological polar surface area (TPSA) is 86.8 Å². The van der Waals surface area contributed by atoms with E-state index in [1.165, 1.54) is 11.9 Å². The Labute approximate surface area is 185 Å². The summed E-state index contributed by atoms with van der Waals surface area (Å²) in [7, 11) is -2.22. The van der Waals surface area contributed by atoms with E-state index in [2.05, 4.69) is 5.32 Å². The molecule has 1 atom stereocenters. The Balaban J connectivity index is 2.39. The van der Waals surface area contributed by atoms with Crippen LogP contribution in [-0.4, -0.2) is 51.0 Å². The van der Waals surface area contributed by atoms with Crippen molar-refractivity contribution in [3.63, 3.8) is 0 Å². The van der Waals surface area contributed by atoms with Gasteiger partial charge in [0.25, 0.3) is 0 Å². The molecule has 168 valence electrons. The maximum atomic E-state index is 13.3. The zero-order chi connectivity index (χ0) is 23.3. The number of hydrogen-bond donors (Lipinski definition) is 1. The summed E-state index contributed by atoms with van der Waals surface area (Å²) in [6, 6.07) is 12.1. The van der Waals surface area contributed by atoms with Gasteiger partial charge in [0, 0.05) is 13.6 Å². The molecule has 0 bridgehead atoms. The predicted octanol–water partition coefficient (Wildman–Crippen LogP) is 2.54. The maximum Gasteiger partial charge on any atom is 0.244 e. The lowest BCUT2D eigenvalue weighted by Crippen LogP contribution is -2.50. The van der Waals surface area contributed by atoms with Crippen LogP contribution in [0.25, 0.3) is 0 Å². The fraction of sp³-hybridized carbons (Fsp3) is 0.391. The Hall–Kier alpha value is -2.87. The number of amides is 2. The van der Waals surface area contributed by atoms with Crippen LogP contribution in [0.5, 0.6) is 0 Å². The van der Waals surface area contributed by atoms with Gasteiger partial charge in [0.05, 0.1) is 11.9 Å². The summed E-state index contributed by atoms with van der Waals surface area (Å²) in [5.41, 5.74) is 4.30. The van der Waals surface area contributed by atoms with Crippen LogP contribution in [0.4, 0.5) is 5.69 Å². The van der Waals surface area contributed by atoms with E-state index < -0.39 is 28.5 Å². The van der Waals surface area contributed by atoms with E-state index in [4.69, 9.17) is 0 Å². The lowest BCUT2D eigenvalue weighted by molar-refractivity contribution is -0.139. The number of carbonyl (C=O) groups excluding carboxylic acids is 2. The Bertz CT molecular complexity index is 1050. The highest BCUT2D eigenvalue weighted by Gasteiger charge is 2.29. The second kappa shape index (κ2) is 9.96. The number of benzene rings is 2. The minimum Gasteiger partial charge on any atom is -0.357 e. The van der Waals surface area contributed by atoms with E-state index in [1.807, 2.05) is 51.1 Å². The molecule has 2 aromatic carbocycles. The molecule has 0 aliphatic rings. The van der Waals surface area contributed by atoms with Gasteiger partial charge in [0.15, 0.2) is 0 Å². The van der Waals surface area contributed by atoms with Gasteiger partial charge in [-0.2, -0.15) is 0 Å². The third-order valence-electron chi connectivity index (χ3n) is 5.34. The van der Waals surface area contributed by atoms with Crippen molar-refractivity contribution in [3.05, 3.63) is 64.7 Å². The van der Waals surface area contributed by atoms with Gasteiger partial charge in [-0.1, -0.05) is 35.9 Å². The fourth-order valence-corrected chi connectivity index (χ4v) is 4.02. The maximum absolute atomic E-state index is 13.3. The molecule has 0 heterocycles. The quantitative estimate of drug-likeness (QED) is 0.677. The van der Waals surface area contributed by atoms with E-state index in [1.54, 1.807) is 19.1 Å². The normalized spacial score (nSPS) is 12.2. The predicted molar refractivity (Wildman–Crippen MR) is 123 cm³/mol. The number of nitrogens with one attached hydrogen (secondary N) is 1. The molecule has 2 aromatic rings. The van der Waals surface area contributed by atoms with Crippen LogP contribution in [0.1, 0.15) is 29.2 Å². The molecule has 0 fully saturated rings. The van der Waals surface area contributed by atoms with Crippen molar-refractivity contribution in [3.8, 4) is 0 Å². The molecule has 0 saturated heterocycles. The van der Waals surface area contributed by atoms with Gasteiger partial charge in [-0.15, -0.1) is 0 Å². The lowest BCUT2D eigenvalue weighted by Gasteiger charge is -2.31. The van der Waals surface area contributed by atoms with E-state index in [0.717, 1.165) is 32.8 Å². The van der Waals surface area contributed by atoms with Crippen LogP contribution < -0.4 is 9.62 Å². The highest BCUT2D eigenvalue weighted by atomic mass is 32.2. The summed E-state index contributed by atoms with van der Waals surface area (Å²) in [4.78, 5) is 27.0. The third-order valence-corrected chi connectivity index (χ3v) is 6.49. The van der Waals surface area contributed by atoms with Crippen LogP contribution in [0, 0.1) is 20.8 Å². The van der Waals surface area contributed by atoms with Gasteiger partial charge < -0.3 is 10.2 Å². The first kappa shape index (κ1) is 24.4. The molecule has 0 aliphatic carbocycles. The fourth-order valence-electron chi connectivity index (χ4n) is 3.18. The van der Waals surface area contributed by atoms with Crippen LogP contribution in [-0.2, 0) is 26.2 Å². The zero-order valence-electron chi connectivity index (χ0n) is 19.0. The average Bonchev–Trinajstić information content (AvgIpc) is 2.71. The number of sulfonamides is 1. The minimum absolute atomic E-state index is 0.193. The van der Waals surface area contributed by atoms with Crippen molar-refractivity contribution in [1.29, 1.82) is 0 Å². The number of anilines is 1. The second-order valence-corrected chi connectivity index (χ2v) is 9.74. The molecule has 0 aromatic heterocycles.